The van der Waals surface area contributed by atoms with E-state index in [2.05, 4.69) is 31.1 Å². The van der Waals surface area contributed by atoms with E-state index < -0.39 is 0 Å². The van der Waals surface area contributed by atoms with Crippen LogP contribution in [0.5, 0.6) is 0 Å². The van der Waals surface area contributed by atoms with Gasteiger partial charge in [-0.2, -0.15) is 0 Å². The number of carbonyl (C=O) groups is 1. The summed E-state index contributed by atoms with van der Waals surface area (Å²) in [6.45, 7) is 3.05. The highest BCUT2D eigenvalue weighted by Crippen LogP contribution is 2.13. The molecule has 0 aliphatic carbocycles. The lowest BCUT2D eigenvalue weighted by molar-refractivity contribution is -0.120. The maximum Gasteiger partial charge on any atom is 0.220 e. The SMILES string of the molecule is Cc1ccc(Nc2ccc(NCCNC(=O)CCc3cccc(Cl)c3)nn2)nc1. The predicted molar refractivity (Wildman–Crippen MR) is 116 cm³/mol. The number of hydrogen-bond acceptors (Lipinski definition) is 6. The number of nitrogens with one attached hydrogen (secondary N) is 3. The molecule has 0 fully saturated rings. The molecule has 150 valence electrons. The highest BCUT2D eigenvalue weighted by Gasteiger charge is 2.03. The Morgan fingerprint density at radius 2 is 1.79 bits per heavy atom. The van der Waals surface area contributed by atoms with Crippen LogP contribution >= 0.6 is 11.6 Å². The molecule has 3 N–H and O–H groups in total. The van der Waals surface area contributed by atoms with E-state index in [1.165, 1.54) is 0 Å². The Morgan fingerprint density at radius 1 is 1.00 bits per heavy atom. The molecule has 3 aromatic rings. The van der Waals surface area contributed by atoms with E-state index in [1.807, 2.05) is 55.5 Å². The summed E-state index contributed by atoms with van der Waals surface area (Å²) in [4.78, 5) is 16.2. The third-order valence-electron chi connectivity index (χ3n) is 4.12. The highest BCUT2D eigenvalue weighted by atomic mass is 35.5. The molecule has 2 aromatic heterocycles. The molecule has 3 rings (SSSR count). The summed E-state index contributed by atoms with van der Waals surface area (Å²) in [5, 5.41) is 18.0. The Labute approximate surface area is 174 Å². The van der Waals surface area contributed by atoms with Gasteiger partial charge >= 0.3 is 0 Å². The third kappa shape index (κ3) is 7.04. The molecule has 0 aliphatic rings. The molecule has 0 atom stereocenters. The van der Waals surface area contributed by atoms with Crippen molar-refractivity contribution in [1.82, 2.24) is 20.5 Å². The van der Waals surface area contributed by atoms with Crippen LogP contribution in [-0.4, -0.2) is 34.2 Å². The van der Waals surface area contributed by atoms with Gasteiger partial charge < -0.3 is 16.0 Å². The standard InChI is InChI=1S/C21H23ClN6O/c1-15-5-7-18(25-14-15)26-20-9-8-19(27-28-20)23-11-12-24-21(29)10-6-16-3-2-4-17(22)13-16/h2-5,7-9,13-14H,6,10-12H2,1H3,(H,23,27)(H,24,29)(H,25,26,28). The Bertz CT molecular complexity index is 931. The number of aryl methyl sites for hydroxylation is 2. The molecule has 0 aliphatic heterocycles. The van der Waals surface area contributed by atoms with Gasteiger partial charge in [0.05, 0.1) is 0 Å². The minimum absolute atomic E-state index is 0.00278. The third-order valence-corrected chi connectivity index (χ3v) is 4.35. The lowest BCUT2D eigenvalue weighted by atomic mass is 10.1. The number of hydrogen-bond donors (Lipinski definition) is 3. The average molecular weight is 411 g/mol. The topological polar surface area (TPSA) is 91.8 Å². The monoisotopic (exact) mass is 410 g/mol. The van der Waals surface area contributed by atoms with Gasteiger partial charge in [-0.25, -0.2) is 4.98 Å². The molecule has 0 saturated heterocycles. The van der Waals surface area contributed by atoms with Gasteiger partial charge in [0.1, 0.15) is 11.6 Å². The van der Waals surface area contributed by atoms with E-state index in [1.54, 1.807) is 6.20 Å². The molecule has 1 aromatic carbocycles. The molecule has 7 nitrogen and oxygen atoms in total. The summed E-state index contributed by atoms with van der Waals surface area (Å²) in [6.07, 6.45) is 2.87. The second-order valence-electron chi connectivity index (χ2n) is 6.56. The van der Waals surface area contributed by atoms with Crippen LogP contribution in [0.2, 0.25) is 5.02 Å². The van der Waals surface area contributed by atoms with Crippen molar-refractivity contribution in [2.24, 2.45) is 0 Å². The minimum atomic E-state index is 0.00278. The van der Waals surface area contributed by atoms with Gasteiger partial charge in [-0.1, -0.05) is 29.8 Å². The van der Waals surface area contributed by atoms with Crippen molar-refractivity contribution in [3.8, 4) is 0 Å². The molecule has 0 radical (unpaired) electrons. The molecule has 0 bridgehead atoms. The molecular formula is C21H23ClN6O. The fourth-order valence-corrected chi connectivity index (χ4v) is 2.81. The number of aromatic nitrogens is 3. The number of anilines is 3. The lowest BCUT2D eigenvalue weighted by Gasteiger charge is -2.08. The van der Waals surface area contributed by atoms with Crippen molar-refractivity contribution in [3.05, 3.63) is 70.9 Å². The van der Waals surface area contributed by atoms with Crippen LogP contribution in [0, 0.1) is 6.92 Å². The summed E-state index contributed by atoms with van der Waals surface area (Å²) in [6, 6.07) is 15.1. The summed E-state index contributed by atoms with van der Waals surface area (Å²) in [7, 11) is 0. The van der Waals surface area contributed by atoms with Crippen LogP contribution in [0.1, 0.15) is 17.5 Å². The van der Waals surface area contributed by atoms with Crippen LogP contribution in [0.15, 0.2) is 54.7 Å². The van der Waals surface area contributed by atoms with Crippen LogP contribution in [0.25, 0.3) is 0 Å². The van der Waals surface area contributed by atoms with Gasteiger partial charge in [-0.15, -0.1) is 10.2 Å². The molecule has 0 unspecified atom stereocenters. The first-order chi connectivity index (χ1) is 14.1. The van der Waals surface area contributed by atoms with Gasteiger partial charge in [0, 0.05) is 30.7 Å². The molecule has 29 heavy (non-hydrogen) atoms. The molecule has 1 amide bonds. The summed E-state index contributed by atoms with van der Waals surface area (Å²) >= 11 is 5.95. The molecule has 0 saturated carbocycles. The first kappa shape index (κ1) is 20.5. The Hall–Kier alpha value is -3.19. The van der Waals surface area contributed by atoms with Crippen molar-refractivity contribution >= 4 is 35.0 Å². The number of amides is 1. The molecular weight excluding hydrogens is 388 g/mol. The normalized spacial score (nSPS) is 10.4. The number of pyridine rings is 1. The van der Waals surface area contributed by atoms with Crippen molar-refractivity contribution in [3.63, 3.8) is 0 Å². The van der Waals surface area contributed by atoms with Crippen LogP contribution in [-0.2, 0) is 11.2 Å². The van der Waals surface area contributed by atoms with Crippen LogP contribution < -0.4 is 16.0 Å². The number of carbonyl (C=O) groups excluding carboxylic acids is 1. The van der Waals surface area contributed by atoms with Gasteiger partial charge in [-0.3, -0.25) is 4.79 Å². The number of rotatable bonds is 9. The first-order valence-corrected chi connectivity index (χ1v) is 9.75. The fraction of sp³-hybridized carbons (Fsp3) is 0.238. The Balaban J connectivity index is 1.34. The van der Waals surface area contributed by atoms with Crippen LogP contribution in [0.3, 0.4) is 0 Å². The van der Waals surface area contributed by atoms with E-state index in [0.717, 1.165) is 11.1 Å². The second-order valence-corrected chi connectivity index (χ2v) is 6.99. The minimum Gasteiger partial charge on any atom is -0.367 e. The van der Waals surface area contributed by atoms with Gasteiger partial charge in [0.15, 0.2) is 5.82 Å². The van der Waals surface area contributed by atoms with Gasteiger partial charge in [0.25, 0.3) is 0 Å². The lowest BCUT2D eigenvalue weighted by Crippen LogP contribution is -2.29. The maximum absolute atomic E-state index is 11.9. The smallest absolute Gasteiger partial charge is 0.220 e. The fourth-order valence-electron chi connectivity index (χ4n) is 2.60. The first-order valence-electron chi connectivity index (χ1n) is 9.37. The van der Waals surface area contributed by atoms with E-state index in [9.17, 15) is 4.79 Å². The highest BCUT2D eigenvalue weighted by molar-refractivity contribution is 6.30. The number of benzene rings is 1. The number of nitrogens with zero attached hydrogens (tertiary/aromatic N) is 3. The molecule has 2 heterocycles. The maximum atomic E-state index is 11.9. The van der Waals surface area contributed by atoms with Crippen molar-refractivity contribution < 1.29 is 4.79 Å². The summed E-state index contributed by atoms with van der Waals surface area (Å²) < 4.78 is 0. The van der Waals surface area contributed by atoms with Gasteiger partial charge in [-0.05, 0) is 54.8 Å². The largest absolute Gasteiger partial charge is 0.367 e. The predicted octanol–water partition coefficient (Wildman–Crippen LogP) is 3.74. The van der Waals surface area contributed by atoms with Gasteiger partial charge in [0.2, 0.25) is 5.91 Å². The zero-order valence-electron chi connectivity index (χ0n) is 16.2. The second kappa shape index (κ2) is 10.4. The van der Waals surface area contributed by atoms with Crippen molar-refractivity contribution in [2.45, 2.75) is 19.8 Å². The van der Waals surface area contributed by atoms with Crippen LogP contribution in [0.4, 0.5) is 17.5 Å². The molecule has 0 spiro atoms. The molecule has 8 heteroatoms. The summed E-state index contributed by atoms with van der Waals surface area (Å²) in [5.74, 6) is 1.97. The zero-order chi connectivity index (χ0) is 20.5. The van der Waals surface area contributed by atoms with E-state index in [0.29, 0.717) is 48.4 Å². The Kier molecular flexibility index (Phi) is 7.35. The zero-order valence-corrected chi connectivity index (χ0v) is 16.9. The van der Waals surface area contributed by atoms with E-state index >= 15 is 0 Å². The van der Waals surface area contributed by atoms with Crippen molar-refractivity contribution in [2.75, 3.05) is 23.7 Å². The van der Waals surface area contributed by atoms with E-state index in [-0.39, 0.29) is 5.91 Å². The average Bonchev–Trinajstić information content (AvgIpc) is 2.73. The number of halogens is 1. The quantitative estimate of drug-likeness (QED) is 0.465. The summed E-state index contributed by atoms with van der Waals surface area (Å²) in [5.41, 5.74) is 2.15. The Morgan fingerprint density at radius 3 is 2.52 bits per heavy atom. The van der Waals surface area contributed by atoms with E-state index in [4.69, 9.17) is 11.6 Å². The van der Waals surface area contributed by atoms with Crippen molar-refractivity contribution in [1.29, 1.82) is 0 Å².